The molecule has 7 heterocycles. The molecular weight excluding hydrogens is 869 g/mol. The first-order chi connectivity index (χ1) is 32.0. The van der Waals surface area contributed by atoms with Gasteiger partial charge in [-0.25, -0.2) is 18.7 Å². The average Bonchev–Trinajstić information content (AvgIpc) is 4.15. The number of aromatic nitrogens is 5. The maximum atomic E-state index is 16.4. The van der Waals surface area contributed by atoms with Crippen LogP contribution in [0.25, 0.3) is 26.9 Å². The number of hydrogen-bond acceptors (Lipinski definition) is 11. The van der Waals surface area contributed by atoms with Crippen LogP contribution in [0.5, 0.6) is 0 Å². The van der Waals surface area contributed by atoms with E-state index in [4.69, 9.17) is 0 Å². The van der Waals surface area contributed by atoms with Gasteiger partial charge in [0, 0.05) is 98.4 Å². The molecule has 0 spiro atoms. The monoisotopic (exact) mass is 914 g/mol. The van der Waals surface area contributed by atoms with Gasteiger partial charge in [0.2, 0.25) is 17.7 Å². The molecule has 0 saturated carbocycles. The summed E-state index contributed by atoms with van der Waals surface area (Å²) in [5.41, 5.74) is 3.11. The molecule has 66 heavy (non-hydrogen) atoms. The van der Waals surface area contributed by atoms with E-state index in [1.165, 1.54) is 22.1 Å². The predicted molar refractivity (Wildman–Crippen MR) is 244 cm³/mol. The van der Waals surface area contributed by atoms with Gasteiger partial charge >= 0.3 is 5.69 Å². The van der Waals surface area contributed by atoms with Gasteiger partial charge in [0.25, 0.3) is 12.0 Å². The summed E-state index contributed by atoms with van der Waals surface area (Å²) in [4.78, 5) is 69.4. The number of piperazine rings is 1. The Labute approximate surface area is 381 Å². The lowest BCUT2D eigenvalue weighted by molar-refractivity contribution is -0.138. The Balaban J connectivity index is 0.741. The van der Waals surface area contributed by atoms with Crippen LogP contribution in [-0.4, -0.2) is 103 Å². The number of nitrogens with one attached hydrogen (secondary N) is 2. The fourth-order valence-corrected chi connectivity index (χ4v) is 9.91. The first-order valence-corrected chi connectivity index (χ1v) is 23.0. The second kappa shape index (κ2) is 17.7. The molecule has 0 radical (unpaired) electrons. The summed E-state index contributed by atoms with van der Waals surface area (Å²) >= 11 is 1.31. The molecule has 16 nitrogen and oxygen atoms in total. The number of rotatable bonds is 9. The van der Waals surface area contributed by atoms with Crippen LogP contribution in [0.4, 0.5) is 31.0 Å². The highest BCUT2D eigenvalue weighted by molar-refractivity contribution is 7.13. The maximum absolute atomic E-state index is 16.4. The van der Waals surface area contributed by atoms with Crippen LogP contribution in [0.3, 0.4) is 0 Å². The van der Waals surface area contributed by atoms with Crippen molar-refractivity contribution in [1.82, 2.24) is 34.5 Å². The standard InChI is InChI=1S/C47H45F2N11O5S/c48-35-24-32(51-26-30-6-12-38(61)53-44(30)63)7-11-36(35)57-17-13-47(65,14-18-57)25-39(62)58-21-19-56(20-22-58)33-8-3-29(4-9-33)34-10-5-31-27-60(55-41(31)40(34)49)43(45(64)54-46-50-15-23-66-46)42-37-2-1-16-59(37)28-52-42/h3-5,7-11,15,23-24,27-28,30,43,65H,1-2,6,12-14,16-22,25H2,(H-,50,53,54,61,63,64)/p+1. The highest BCUT2D eigenvalue weighted by atomic mass is 32.1. The van der Waals surface area contributed by atoms with E-state index in [1.807, 2.05) is 33.7 Å². The Hall–Kier alpha value is -7.04. The number of aliphatic hydroxyl groups is 1. The lowest BCUT2D eigenvalue weighted by atomic mass is 9.87. The van der Waals surface area contributed by atoms with Crippen molar-refractivity contribution in [2.24, 2.45) is 5.92 Å². The van der Waals surface area contributed by atoms with Gasteiger partial charge in [-0.2, -0.15) is 5.10 Å². The third kappa shape index (κ3) is 8.61. The van der Waals surface area contributed by atoms with Crippen molar-refractivity contribution in [2.75, 3.05) is 54.4 Å². The smallest absolute Gasteiger partial charge is 0.343 e. The number of thiazole rings is 1. The third-order valence-electron chi connectivity index (χ3n) is 13.1. The number of halogens is 2. The van der Waals surface area contributed by atoms with Crippen LogP contribution in [-0.2, 0) is 32.1 Å². The predicted octanol–water partition coefficient (Wildman–Crippen LogP) is 5.90. The molecule has 6 aromatic rings. The number of imidazole rings is 1. The van der Waals surface area contributed by atoms with Crippen molar-refractivity contribution in [1.29, 1.82) is 0 Å². The van der Waals surface area contributed by atoms with Crippen molar-refractivity contribution in [3.8, 4) is 17.2 Å². The number of carbonyl (C=O) groups is 4. The molecule has 2 atom stereocenters. The Kier molecular flexibility index (Phi) is 11.5. The summed E-state index contributed by atoms with van der Waals surface area (Å²) in [5, 5.41) is 24.0. The van der Waals surface area contributed by atoms with Crippen molar-refractivity contribution in [3.63, 3.8) is 0 Å². The fraction of sp³-hybridized carbons (Fsp3) is 0.362. The molecule has 19 heteroatoms. The zero-order valence-electron chi connectivity index (χ0n) is 35.8. The van der Waals surface area contributed by atoms with Gasteiger partial charge in [0.05, 0.1) is 35.8 Å². The first-order valence-electron chi connectivity index (χ1n) is 22.1. The van der Waals surface area contributed by atoms with Gasteiger partial charge in [0.1, 0.15) is 5.52 Å². The van der Waals surface area contributed by atoms with E-state index in [0.29, 0.717) is 97.2 Å². The normalized spacial score (nSPS) is 18.7. The number of piperidine rings is 2. The van der Waals surface area contributed by atoms with Crippen LogP contribution in [0, 0.1) is 23.6 Å². The molecule has 2 unspecified atom stereocenters. The van der Waals surface area contributed by atoms with Crippen LogP contribution < -0.4 is 20.4 Å². The van der Waals surface area contributed by atoms with E-state index in [-0.39, 0.29) is 36.1 Å². The second-order valence-electron chi connectivity index (χ2n) is 17.3. The third-order valence-corrected chi connectivity index (χ3v) is 13.8. The minimum atomic E-state index is -1.22. The summed E-state index contributed by atoms with van der Waals surface area (Å²) in [6.07, 6.45) is 7.83. The molecule has 3 aromatic carbocycles. The van der Waals surface area contributed by atoms with Gasteiger partial charge in [-0.05, 0) is 60.7 Å². The van der Waals surface area contributed by atoms with E-state index in [9.17, 15) is 24.3 Å². The molecule has 3 fully saturated rings. The van der Waals surface area contributed by atoms with Gasteiger partial charge < -0.3 is 24.4 Å². The van der Waals surface area contributed by atoms with E-state index < -0.39 is 35.1 Å². The number of carbonyl (C=O) groups excluding carboxylic acids is 4. The summed E-state index contributed by atoms with van der Waals surface area (Å²) < 4.78 is 35.1. The number of aryl methyl sites for hydroxylation is 1. The summed E-state index contributed by atoms with van der Waals surface area (Å²) in [6.45, 7) is 3.65. The molecule has 10 rings (SSSR count). The van der Waals surface area contributed by atoms with Crippen molar-refractivity contribution >= 4 is 68.1 Å². The first kappa shape index (κ1) is 42.9. The average molecular weight is 915 g/mol. The van der Waals surface area contributed by atoms with Gasteiger partial charge in [-0.1, -0.05) is 24.3 Å². The van der Waals surface area contributed by atoms with Crippen LogP contribution in [0.2, 0.25) is 0 Å². The number of anilines is 3. The second-order valence-corrected chi connectivity index (χ2v) is 18.2. The number of imide groups is 1. The zero-order valence-corrected chi connectivity index (χ0v) is 36.6. The zero-order chi connectivity index (χ0) is 45.5. The molecule has 4 aliphatic heterocycles. The number of benzene rings is 3. The maximum Gasteiger partial charge on any atom is 0.343 e. The molecule has 338 valence electrons. The minimum Gasteiger partial charge on any atom is -0.389 e. The summed E-state index contributed by atoms with van der Waals surface area (Å²) in [6, 6.07) is 17.4. The van der Waals surface area contributed by atoms with Crippen LogP contribution in [0.15, 0.2) is 78.7 Å². The number of hydrogen-bond donors (Lipinski definition) is 3. The highest BCUT2D eigenvalue weighted by Gasteiger charge is 2.38. The molecule has 4 amide bonds. The van der Waals surface area contributed by atoms with Gasteiger partial charge in [0.15, 0.2) is 28.7 Å². The SMILES string of the molecule is O=C1CCC(C#[N+]c2ccc(N3CCC(O)(CC(=O)N4CCN(c5ccc(-c6ccc7cn(C(C(=O)Nc8nccs8)c8ncn9c8CCC9)nc7c6F)cc5)CC4)CC3)c(F)c2)C(=O)N1. The molecular formula is C47H46F2N11O5S+. The highest BCUT2D eigenvalue weighted by Crippen LogP contribution is 2.35. The Morgan fingerprint density at radius 3 is 2.52 bits per heavy atom. The fourth-order valence-electron chi connectivity index (χ4n) is 9.38. The molecule has 4 aliphatic rings. The topological polar surface area (TPSA) is 175 Å². The van der Waals surface area contributed by atoms with E-state index in [1.54, 1.807) is 53.3 Å². The Morgan fingerprint density at radius 2 is 1.77 bits per heavy atom. The lowest BCUT2D eigenvalue weighted by Gasteiger charge is -2.41. The van der Waals surface area contributed by atoms with Crippen LogP contribution in [0.1, 0.15) is 56.0 Å². The van der Waals surface area contributed by atoms with E-state index in [0.717, 1.165) is 30.8 Å². The Bertz CT molecular complexity index is 2910. The van der Waals surface area contributed by atoms with Gasteiger partial charge in [-0.3, -0.25) is 34.5 Å². The minimum absolute atomic E-state index is 0.0259. The number of nitrogens with zero attached hydrogens (tertiary/aromatic N) is 9. The lowest BCUT2D eigenvalue weighted by Crippen LogP contribution is -2.52. The largest absolute Gasteiger partial charge is 0.389 e. The van der Waals surface area contributed by atoms with Crippen molar-refractivity contribution in [2.45, 2.75) is 63.1 Å². The van der Waals surface area contributed by atoms with Crippen LogP contribution >= 0.6 is 11.3 Å². The summed E-state index contributed by atoms with van der Waals surface area (Å²) in [7, 11) is 0. The van der Waals surface area contributed by atoms with Gasteiger partial charge in [-0.15, -0.1) is 11.3 Å². The molecule has 3 N–H and O–H groups in total. The van der Waals surface area contributed by atoms with Crippen molar-refractivity contribution < 1.29 is 33.1 Å². The quantitative estimate of drug-likeness (QED) is 0.148. The van der Waals surface area contributed by atoms with E-state index >= 15 is 8.78 Å². The molecule has 0 bridgehead atoms. The molecule has 3 saturated heterocycles. The summed E-state index contributed by atoms with van der Waals surface area (Å²) in [5.74, 6) is -2.96. The number of fused-ring (bicyclic) bond motifs is 2. The molecule has 0 aliphatic carbocycles. The Morgan fingerprint density at radius 1 is 0.970 bits per heavy atom. The number of amides is 4. The van der Waals surface area contributed by atoms with Crippen molar-refractivity contribution in [3.05, 3.63) is 107 Å². The molecule has 3 aromatic heterocycles. The van der Waals surface area contributed by atoms with E-state index in [2.05, 4.69) is 41.5 Å².